The van der Waals surface area contributed by atoms with Gasteiger partial charge in [-0.05, 0) is 92.0 Å². The normalized spacial score (nSPS) is 25.4. The number of anilines is 1. The number of morpholine rings is 1. The number of carbonyl (C=O) groups excluding carboxylic acids is 4. The summed E-state index contributed by atoms with van der Waals surface area (Å²) in [6, 6.07) is 36.8. The van der Waals surface area contributed by atoms with E-state index in [-0.39, 0.29) is 24.8 Å². The minimum atomic E-state index is -2.01. The Bertz CT molecular complexity index is 2820. The Morgan fingerprint density at radius 1 is 0.764 bits per heavy atom. The van der Waals surface area contributed by atoms with Crippen LogP contribution in [0.15, 0.2) is 133 Å². The average molecular weight is 969 g/mol. The summed E-state index contributed by atoms with van der Waals surface area (Å²) in [5, 5.41) is 25.2. The molecular weight excluding hydrogens is 905 g/mol. The van der Waals surface area contributed by atoms with Crippen molar-refractivity contribution in [1.29, 1.82) is 0 Å². The number of benzene rings is 5. The molecule has 72 heavy (non-hydrogen) atoms. The van der Waals surface area contributed by atoms with E-state index in [0.29, 0.717) is 48.4 Å². The lowest BCUT2D eigenvalue weighted by Crippen LogP contribution is -2.57. The van der Waals surface area contributed by atoms with Gasteiger partial charge in [-0.15, -0.1) is 0 Å². The van der Waals surface area contributed by atoms with Gasteiger partial charge in [-0.1, -0.05) is 153 Å². The third-order valence-corrected chi connectivity index (χ3v) is 15.7. The number of nitrogens with zero attached hydrogens (tertiary/aromatic N) is 3. The van der Waals surface area contributed by atoms with Gasteiger partial charge in [0.15, 0.2) is 0 Å². The number of aliphatic hydroxyl groups is 2. The predicted molar refractivity (Wildman–Crippen MR) is 274 cm³/mol. The number of para-hydroxylation sites is 1. The van der Waals surface area contributed by atoms with Crippen LogP contribution < -0.4 is 15.0 Å². The van der Waals surface area contributed by atoms with Gasteiger partial charge < -0.3 is 29.9 Å². The third kappa shape index (κ3) is 9.08. The second-order valence-electron chi connectivity index (χ2n) is 20.1. The Morgan fingerprint density at radius 2 is 1.38 bits per heavy atom. The molecule has 3 N–H and O–H groups in total. The van der Waals surface area contributed by atoms with Crippen molar-refractivity contribution in [1.82, 2.24) is 15.1 Å². The van der Waals surface area contributed by atoms with Crippen LogP contribution in [0.4, 0.5) is 10.5 Å². The monoisotopic (exact) mass is 968 g/mol. The van der Waals surface area contributed by atoms with E-state index in [4.69, 9.17) is 9.47 Å². The van der Waals surface area contributed by atoms with Crippen molar-refractivity contribution in [2.45, 2.75) is 119 Å². The maximum atomic E-state index is 17.0. The van der Waals surface area contributed by atoms with E-state index in [1.807, 2.05) is 132 Å². The fraction of sp³-hybridized carbons (Fsp3) is 0.400. The summed E-state index contributed by atoms with van der Waals surface area (Å²) in [4.78, 5) is 69.5. The lowest BCUT2D eigenvalue weighted by atomic mass is 9.64. The molecule has 1 spiro atoms. The van der Waals surface area contributed by atoms with Crippen LogP contribution in [0.2, 0.25) is 0 Å². The molecule has 4 heterocycles. The molecule has 1 aliphatic carbocycles. The van der Waals surface area contributed by atoms with Gasteiger partial charge in [0, 0.05) is 24.2 Å². The van der Waals surface area contributed by atoms with E-state index in [2.05, 4.69) is 17.2 Å². The Balaban J connectivity index is 1.28. The van der Waals surface area contributed by atoms with Gasteiger partial charge in [0.2, 0.25) is 11.8 Å². The van der Waals surface area contributed by atoms with Gasteiger partial charge in [0.1, 0.15) is 35.5 Å². The van der Waals surface area contributed by atoms with Gasteiger partial charge in [-0.2, -0.15) is 0 Å². The number of imide groups is 1. The standard InChI is InChI=1S/C60H64N4O8/c1-41(43-22-10-7-11-23-43)61-58(69)63-48-31-30-42(32-35-59(70)33-18-3-4-19-34-59)40-47(48)60(57(63)68)50(55(66)62-36-20-5-2-6-21-37-62)52-56(67)72-53(45-26-14-9-15-27-45)51(44-24-12-8-13-25-44)64(52)54(60)46-28-16-17-29-49(46)71-39-38-65/h7-17,22-31,40-41,50-54,65,70H,2-6,18-21,33-34,36-39H2,1H3,(H,61,69). The van der Waals surface area contributed by atoms with E-state index in [0.717, 1.165) is 74.5 Å². The molecule has 10 rings (SSSR count). The van der Waals surface area contributed by atoms with Crippen LogP contribution in [0.5, 0.6) is 5.75 Å². The number of esters is 1. The molecule has 4 fully saturated rings. The third-order valence-electron chi connectivity index (χ3n) is 15.7. The van der Waals surface area contributed by atoms with Crippen molar-refractivity contribution in [3.8, 4) is 17.6 Å². The number of rotatable bonds is 9. The number of amides is 4. The van der Waals surface area contributed by atoms with Crippen molar-refractivity contribution in [2.24, 2.45) is 5.92 Å². The minimum absolute atomic E-state index is 0.0772. The molecule has 372 valence electrons. The SMILES string of the molecule is CC(NC(=O)N1C(=O)C2(c3cc(C#CC4(O)CCCCCC4)ccc31)C(C(=O)N1CCCCCCC1)C1C(=O)OC(c3ccccc3)C(c3ccccc3)N1C2c1ccccc1OCCO)c1ccccc1. The summed E-state index contributed by atoms with van der Waals surface area (Å²) < 4.78 is 13.1. The Labute approximate surface area is 422 Å². The second kappa shape index (κ2) is 21.1. The van der Waals surface area contributed by atoms with Crippen LogP contribution in [0, 0.1) is 17.8 Å². The molecule has 12 heteroatoms. The van der Waals surface area contributed by atoms with Crippen LogP contribution in [-0.2, 0) is 24.5 Å². The highest BCUT2D eigenvalue weighted by molar-refractivity contribution is 6.24. The summed E-state index contributed by atoms with van der Waals surface area (Å²) >= 11 is 0. The fourth-order valence-corrected chi connectivity index (χ4v) is 12.3. The molecule has 0 aromatic heterocycles. The lowest BCUT2D eigenvalue weighted by Gasteiger charge is -2.46. The number of hydrogen-bond donors (Lipinski definition) is 3. The second-order valence-corrected chi connectivity index (χ2v) is 20.1. The molecule has 5 aromatic rings. The Morgan fingerprint density at radius 3 is 2.06 bits per heavy atom. The van der Waals surface area contributed by atoms with Crippen LogP contribution in [0.3, 0.4) is 0 Å². The van der Waals surface area contributed by atoms with Crippen LogP contribution in [-0.4, -0.2) is 81.8 Å². The van der Waals surface area contributed by atoms with Crippen LogP contribution in [0.1, 0.15) is 135 Å². The maximum absolute atomic E-state index is 17.0. The Kier molecular flexibility index (Phi) is 14.3. The predicted octanol–water partition coefficient (Wildman–Crippen LogP) is 9.42. The molecule has 4 aliphatic heterocycles. The highest BCUT2D eigenvalue weighted by Gasteiger charge is 2.76. The van der Waals surface area contributed by atoms with E-state index in [1.165, 1.54) is 4.90 Å². The van der Waals surface area contributed by atoms with Gasteiger partial charge in [-0.25, -0.2) is 9.69 Å². The summed E-state index contributed by atoms with van der Waals surface area (Å²) in [7, 11) is 0. The van der Waals surface area contributed by atoms with E-state index >= 15 is 19.2 Å². The summed E-state index contributed by atoms with van der Waals surface area (Å²) in [5.41, 5.74) is 0.676. The van der Waals surface area contributed by atoms with Crippen molar-refractivity contribution in [2.75, 3.05) is 31.2 Å². The van der Waals surface area contributed by atoms with Crippen molar-refractivity contribution in [3.05, 3.63) is 167 Å². The van der Waals surface area contributed by atoms with Crippen molar-refractivity contribution in [3.63, 3.8) is 0 Å². The van der Waals surface area contributed by atoms with E-state index in [1.54, 1.807) is 18.2 Å². The number of ether oxygens (including phenoxy) is 2. The summed E-state index contributed by atoms with van der Waals surface area (Å²) in [6.07, 6.45) is 8.25. The van der Waals surface area contributed by atoms with Crippen molar-refractivity contribution < 1.29 is 38.9 Å². The summed E-state index contributed by atoms with van der Waals surface area (Å²) in [5.74, 6) is 3.70. The van der Waals surface area contributed by atoms with Crippen LogP contribution in [0.25, 0.3) is 0 Å². The topological polar surface area (TPSA) is 149 Å². The molecular formula is C60H64N4O8. The van der Waals surface area contributed by atoms with Gasteiger partial charge in [0.05, 0.1) is 36.3 Å². The zero-order valence-corrected chi connectivity index (χ0v) is 41.0. The number of hydrogen-bond acceptors (Lipinski definition) is 9. The molecule has 7 atom stereocenters. The highest BCUT2D eigenvalue weighted by Crippen LogP contribution is 2.67. The molecule has 5 aromatic carbocycles. The molecule has 1 saturated carbocycles. The molecule has 5 aliphatic rings. The van der Waals surface area contributed by atoms with Gasteiger partial charge in [0.25, 0.3) is 0 Å². The lowest BCUT2D eigenvalue weighted by molar-refractivity contribution is -0.179. The fourth-order valence-electron chi connectivity index (χ4n) is 12.3. The number of fused-ring (bicyclic) bond motifs is 3. The molecule has 0 bridgehead atoms. The molecule has 3 saturated heterocycles. The minimum Gasteiger partial charge on any atom is -0.491 e. The summed E-state index contributed by atoms with van der Waals surface area (Å²) in [6.45, 7) is 2.32. The first kappa shape index (κ1) is 48.8. The molecule has 12 nitrogen and oxygen atoms in total. The van der Waals surface area contributed by atoms with Crippen LogP contribution >= 0.6 is 0 Å². The zero-order chi connectivity index (χ0) is 49.8. The number of likely N-dealkylation sites (tertiary alicyclic amines) is 1. The number of nitrogens with one attached hydrogen (secondary N) is 1. The number of urea groups is 1. The largest absolute Gasteiger partial charge is 0.491 e. The first-order valence-electron chi connectivity index (χ1n) is 25.9. The van der Waals surface area contributed by atoms with Gasteiger partial charge in [-0.3, -0.25) is 19.3 Å². The van der Waals surface area contributed by atoms with E-state index < -0.39 is 65.1 Å². The molecule has 7 unspecified atom stereocenters. The van der Waals surface area contributed by atoms with Gasteiger partial charge >= 0.3 is 12.0 Å². The first-order valence-corrected chi connectivity index (χ1v) is 25.9. The van der Waals surface area contributed by atoms with Crippen molar-refractivity contribution >= 4 is 29.5 Å². The average Bonchev–Trinajstić information content (AvgIpc) is 3.73. The molecule has 4 amide bonds. The molecule has 0 radical (unpaired) electrons. The number of aliphatic hydroxyl groups excluding tert-OH is 1. The first-order chi connectivity index (χ1) is 35.1. The highest BCUT2D eigenvalue weighted by atomic mass is 16.6. The zero-order valence-electron chi connectivity index (χ0n) is 41.0. The maximum Gasteiger partial charge on any atom is 0.329 e. The number of cyclic esters (lactones) is 1. The quantitative estimate of drug-likeness (QED) is 0.0747. The number of carbonyl (C=O) groups is 4. The van der Waals surface area contributed by atoms with E-state index in [9.17, 15) is 10.2 Å². The Hall–Kier alpha value is -6.78. The smallest absolute Gasteiger partial charge is 0.329 e.